The number of pyridine rings is 1. The van der Waals surface area contributed by atoms with Gasteiger partial charge in [0.15, 0.2) is 0 Å². The van der Waals surface area contributed by atoms with E-state index in [2.05, 4.69) is 10.3 Å². The summed E-state index contributed by atoms with van der Waals surface area (Å²) in [5.41, 5.74) is 2.51. The minimum absolute atomic E-state index is 0.185. The van der Waals surface area contributed by atoms with Gasteiger partial charge in [-0.1, -0.05) is 23.2 Å². The van der Waals surface area contributed by atoms with E-state index >= 15 is 0 Å². The molecule has 0 aliphatic carbocycles. The lowest BCUT2D eigenvalue weighted by Gasteiger charge is -2.27. The molecule has 9 heteroatoms. The Bertz CT molecular complexity index is 1580. The fourth-order valence-corrected chi connectivity index (χ4v) is 5.37. The van der Waals surface area contributed by atoms with Gasteiger partial charge in [0, 0.05) is 45.4 Å². The SMILES string of the molecule is COc1ccc(CN2C(=O)C(C)(c3cc(NC(=O)c4cccnc4)ccc3Cl)c3cc(Cl)ccc32)c(OC)c1. The van der Waals surface area contributed by atoms with Crippen LogP contribution in [0.2, 0.25) is 10.0 Å². The van der Waals surface area contributed by atoms with Gasteiger partial charge in [-0.25, -0.2) is 0 Å². The van der Waals surface area contributed by atoms with Gasteiger partial charge in [-0.15, -0.1) is 0 Å². The molecule has 1 aliphatic rings. The third-order valence-electron chi connectivity index (χ3n) is 6.97. The van der Waals surface area contributed by atoms with Crippen LogP contribution < -0.4 is 19.7 Å². The summed E-state index contributed by atoms with van der Waals surface area (Å²) in [4.78, 5) is 32.8. The Balaban J connectivity index is 1.56. The first-order valence-electron chi connectivity index (χ1n) is 12.1. The number of rotatable bonds is 7. The lowest BCUT2D eigenvalue weighted by atomic mass is 9.77. The van der Waals surface area contributed by atoms with Gasteiger partial charge in [-0.05, 0) is 78.7 Å². The molecule has 0 saturated carbocycles. The second-order valence-electron chi connectivity index (χ2n) is 9.25. The van der Waals surface area contributed by atoms with Crippen LogP contribution in [-0.4, -0.2) is 31.0 Å². The molecule has 0 spiro atoms. The molecule has 4 aromatic rings. The summed E-state index contributed by atoms with van der Waals surface area (Å²) in [6, 6.07) is 19.3. The Morgan fingerprint density at radius 1 is 1.00 bits per heavy atom. The van der Waals surface area contributed by atoms with E-state index < -0.39 is 5.41 Å². The monoisotopic (exact) mass is 561 g/mol. The zero-order valence-corrected chi connectivity index (χ0v) is 23.0. The molecule has 0 bridgehead atoms. The van der Waals surface area contributed by atoms with Crippen LogP contribution in [0.25, 0.3) is 0 Å². The molecule has 1 N–H and O–H groups in total. The zero-order chi connectivity index (χ0) is 27.7. The van der Waals surface area contributed by atoms with Gasteiger partial charge in [0.2, 0.25) is 5.91 Å². The normalized spacial score (nSPS) is 16.1. The number of amides is 2. The molecule has 1 unspecified atom stereocenters. The van der Waals surface area contributed by atoms with Gasteiger partial charge >= 0.3 is 0 Å². The summed E-state index contributed by atoms with van der Waals surface area (Å²) < 4.78 is 10.9. The van der Waals surface area contributed by atoms with Crippen molar-refractivity contribution >= 4 is 46.4 Å². The quantitative estimate of drug-likeness (QED) is 0.278. The van der Waals surface area contributed by atoms with E-state index in [4.69, 9.17) is 32.7 Å². The molecular weight excluding hydrogens is 537 g/mol. The van der Waals surface area contributed by atoms with Crippen LogP contribution in [0.5, 0.6) is 11.5 Å². The van der Waals surface area contributed by atoms with E-state index in [0.29, 0.717) is 49.6 Å². The number of halogens is 2. The predicted octanol–water partition coefficient (Wildman–Crippen LogP) is 6.51. The third kappa shape index (κ3) is 4.80. The number of hydrogen-bond acceptors (Lipinski definition) is 5. The second kappa shape index (κ2) is 10.6. The molecule has 7 nitrogen and oxygen atoms in total. The third-order valence-corrected chi connectivity index (χ3v) is 7.53. The van der Waals surface area contributed by atoms with Gasteiger partial charge in [0.25, 0.3) is 5.91 Å². The number of carbonyl (C=O) groups excluding carboxylic acids is 2. The zero-order valence-electron chi connectivity index (χ0n) is 21.5. The first-order valence-corrected chi connectivity index (χ1v) is 12.9. The van der Waals surface area contributed by atoms with Crippen LogP contribution in [0.1, 0.15) is 34.0 Å². The maximum Gasteiger partial charge on any atom is 0.257 e. The Labute approximate surface area is 236 Å². The van der Waals surface area contributed by atoms with Crippen molar-refractivity contribution < 1.29 is 19.1 Å². The van der Waals surface area contributed by atoms with Gasteiger partial charge in [-0.3, -0.25) is 14.6 Å². The van der Waals surface area contributed by atoms with Crippen molar-refractivity contribution in [1.29, 1.82) is 0 Å². The number of nitrogens with zero attached hydrogens (tertiary/aromatic N) is 2. The molecule has 1 aromatic heterocycles. The smallest absolute Gasteiger partial charge is 0.257 e. The molecule has 5 rings (SSSR count). The minimum atomic E-state index is -1.17. The number of aromatic nitrogens is 1. The van der Waals surface area contributed by atoms with Gasteiger partial charge in [-0.2, -0.15) is 0 Å². The lowest BCUT2D eigenvalue weighted by Crippen LogP contribution is -2.39. The number of hydrogen-bond donors (Lipinski definition) is 1. The number of carbonyl (C=O) groups is 2. The van der Waals surface area contributed by atoms with Crippen LogP contribution in [0.4, 0.5) is 11.4 Å². The van der Waals surface area contributed by atoms with Crippen molar-refractivity contribution in [1.82, 2.24) is 4.98 Å². The number of anilines is 2. The van der Waals surface area contributed by atoms with Gasteiger partial charge in [0.05, 0.1) is 26.3 Å². The van der Waals surface area contributed by atoms with Crippen molar-refractivity contribution in [2.45, 2.75) is 18.9 Å². The first-order chi connectivity index (χ1) is 18.8. The first kappa shape index (κ1) is 26.5. The molecule has 39 heavy (non-hydrogen) atoms. The molecule has 0 saturated heterocycles. The highest BCUT2D eigenvalue weighted by Gasteiger charge is 2.50. The highest BCUT2D eigenvalue weighted by Crippen LogP contribution is 2.50. The molecule has 3 aromatic carbocycles. The molecule has 2 amide bonds. The van der Waals surface area contributed by atoms with E-state index in [-0.39, 0.29) is 18.4 Å². The summed E-state index contributed by atoms with van der Waals surface area (Å²) in [6.45, 7) is 2.08. The minimum Gasteiger partial charge on any atom is -0.497 e. The van der Waals surface area contributed by atoms with Crippen LogP contribution in [0.15, 0.2) is 79.1 Å². The van der Waals surface area contributed by atoms with Crippen molar-refractivity contribution in [3.8, 4) is 11.5 Å². The molecule has 198 valence electrons. The van der Waals surface area contributed by atoms with Crippen molar-refractivity contribution in [3.63, 3.8) is 0 Å². The second-order valence-corrected chi connectivity index (χ2v) is 10.1. The van der Waals surface area contributed by atoms with E-state index in [1.165, 1.54) is 6.20 Å². The maximum atomic E-state index is 14.3. The number of benzene rings is 3. The average molecular weight is 562 g/mol. The number of fused-ring (bicyclic) bond motifs is 1. The highest BCUT2D eigenvalue weighted by molar-refractivity contribution is 6.33. The number of ether oxygens (including phenoxy) is 2. The summed E-state index contributed by atoms with van der Waals surface area (Å²) >= 11 is 13.1. The average Bonchev–Trinajstić information content (AvgIpc) is 3.16. The number of nitrogens with one attached hydrogen (secondary N) is 1. The van der Waals surface area contributed by atoms with Crippen LogP contribution >= 0.6 is 23.2 Å². The van der Waals surface area contributed by atoms with Gasteiger partial charge < -0.3 is 19.7 Å². The van der Waals surface area contributed by atoms with E-state index in [1.54, 1.807) is 73.8 Å². The number of methoxy groups -OCH3 is 2. The highest BCUT2D eigenvalue weighted by atomic mass is 35.5. The molecule has 1 atom stereocenters. The van der Waals surface area contributed by atoms with E-state index in [0.717, 1.165) is 5.56 Å². The molecule has 1 aliphatic heterocycles. The standard InChI is InChI=1S/C30H25Cl2N3O4/c1-30(23-14-21(8-10-25(23)32)34-28(36)18-5-4-12-33-16-18)24-13-20(31)7-11-26(24)35(29(30)37)17-19-6-9-22(38-2)15-27(19)39-3/h4-16H,17H2,1-3H3,(H,34,36). The largest absolute Gasteiger partial charge is 0.497 e. The Morgan fingerprint density at radius 2 is 1.82 bits per heavy atom. The summed E-state index contributed by atoms with van der Waals surface area (Å²) in [5, 5.41) is 3.76. The topological polar surface area (TPSA) is 80.8 Å². The van der Waals surface area contributed by atoms with Crippen molar-refractivity contribution in [2.75, 3.05) is 24.4 Å². The molecule has 0 fully saturated rings. The summed E-state index contributed by atoms with van der Waals surface area (Å²) in [7, 11) is 3.16. The Kier molecular flexibility index (Phi) is 7.21. The predicted molar refractivity (Wildman–Crippen MR) is 152 cm³/mol. The van der Waals surface area contributed by atoms with Crippen LogP contribution in [0.3, 0.4) is 0 Å². The van der Waals surface area contributed by atoms with E-state index in [9.17, 15) is 9.59 Å². The molecule has 2 heterocycles. The summed E-state index contributed by atoms with van der Waals surface area (Å²) in [6.07, 6.45) is 3.08. The van der Waals surface area contributed by atoms with E-state index in [1.807, 2.05) is 25.1 Å². The van der Waals surface area contributed by atoms with Crippen molar-refractivity contribution in [3.05, 3.63) is 111 Å². The van der Waals surface area contributed by atoms with Crippen LogP contribution in [-0.2, 0) is 16.8 Å². The fourth-order valence-electron chi connectivity index (χ4n) is 4.90. The van der Waals surface area contributed by atoms with Crippen molar-refractivity contribution in [2.24, 2.45) is 0 Å². The van der Waals surface area contributed by atoms with Gasteiger partial charge in [0.1, 0.15) is 16.9 Å². The Hall–Kier alpha value is -4.07. The maximum absolute atomic E-state index is 14.3. The summed E-state index contributed by atoms with van der Waals surface area (Å²) in [5.74, 6) is 0.743. The lowest BCUT2D eigenvalue weighted by molar-refractivity contribution is -0.121. The molecule has 0 radical (unpaired) electrons. The molecular formula is C30H25Cl2N3O4. The van der Waals surface area contributed by atoms with Crippen LogP contribution in [0, 0.1) is 0 Å². The Morgan fingerprint density at radius 3 is 2.54 bits per heavy atom. The fraction of sp³-hybridized carbons (Fsp3) is 0.167.